The van der Waals surface area contributed by atoms with Gasteiger partial charge in [0, 0.05) is 30.3 Å². The van der Waals surface area contributed by atoms with Crippen LogP contribution < -0.4 is 5.32 Å². The second-order valence-corrected chi connectivity index (χ2v) is 9.57. The fourth-order valence-corrected chi connectivity index (χ4v) is 4.40. The van der Waals surface area contributed by atoms with Crippen molar-refractivity contribution >= 4 is 15.9 Å². The van der Waals surface area contributed by atoms with Crippen molar-refractivity contribution in [2.24, 2.45) is 0 Å². The van der Waals surface area contributed by atoms with E-state index in [9.17, 15) is 17.6 Å². The molecule has 0 fully saturated rings. The predicted molar refractivity (Wildman–Crippen MR) is 113 cm³/mol. The van der Waals surface area contributed by atoms with E-state index in [4.69, 9.17) is 4.52 Å². The van der Waals surface area contributed by atoms with Crippen molar-refractivity contribution in [3.05, 3.63) is 52.4 Å². The Bertz CT molecular complexity index is 1030. The summed E-state index contributed by atoms with van der Waals surface area (Å²) in [7, 11) is -3.58. The van der Waals surface area contributed by atoms with Gasteiger partial charge in [-0.25, -0.2) is 17.2 Å². The molecule has 2 aromatic rings. The third-order valence-corrected chi connectivity index (χ3v) is 6.61. The average molecular weight is 458 g/mol. The maximum Gasteiger partial charge on any atom is 0.274 e. The third-order valence-electron chi connectivity index (χ3n) is 5.36. The normalized spacial score (nSPS) is 12.4. The van der Waals surface area contributed by atoms with Crippen molar-refractivity contribution in [1.29, 1.82) is 0 Å². The van der Waals surface area contributed by atoms with Gasteiger partial charge in [-0.3, -0.25) is 4.79 Å². The zero-order chi connectivity index (χ0) is 23.4. The first-order chi connectivity index (χ1) is 14.5. The number of carbonyl (C=O) groups excluding carboxylic acids is 1. The van der Waals surface area contributed by atoms with Crippen LogP contribution in [0.1, 0.15) is 67.4 Å². The van der Waals surface area contributed by atoms with Crippen molar-refractivity contribution in [2.45, 2.75) is 59.0 Å². The molecule has 0 spiro atoms. The van der Waals surface area contributed by atoms with Crippen LogP contribution in [0.15, 0.2) is 22.7 Å². The number of amides is 1. The molecule has 7 nitrogen and oxygen atoms in total. The van der Waals surface area contributed by atoms with Gasteiger partial charge in [-0.2, -0.15) is 4.31 Å². The highest BCUT2D eigenvalue weighted by Gasteiger charge is 2.35. The molecule has 10 heteroatoms. The molecule has 172 valence electrons. The number of nitrogens with one attached hydrogen (secondary N) is 1. The lowest BCUT2D eigenvalue weighted by Gasteiger charge is -2.34. The smallest absolute Gasteiger partial charge is 0.274 e. The number of nitrogens with zero attached hydrogens (tertiary/aromatic N) is 2. The van der Waals surface area contributed by atoms with E-state index in [-0.39, 0.29) is 29.9 Å². The van der Waals surface area contributed by atoms with Gasteiger partial charge in [0.2, 0.25) is 10.0 Å². The molecule has 1 amide bonds. The lowest BCUT2D eigenvalue weighted by atomic mass is 9.83. The number of hydrogen-bond donors (Lipinski definition) is 1. The van der Waals surface area contributed by atoms with Gasteiger partial charge in [0.15, 0.2) is 5.69 Å². The molecule has 31 heavy (non-hydrogen) atoms. The summed E-state index contributed by atoms with van der Waals surface area (Å²) in [6.07, 6.45) is 2.17. The Kier molecular flexibility index (Phi) is 7.93. The van der Waals surface area contributed by atoms with Crippen LogP contribution in [-0.2, 0) is 22.1 Å². The van der Waals surface area contributed by atoms with Gasteiger partial charge in [-0.15, -0.1) is 0 Å². The maximum absolute atomic E-state index is 15.2. The number of aromatic nitrogens is 1. The molecule has 1 N–H and O–H groups in total. The van der Waals surface area contributed by atoms with Gasteiger partial charge in [0.25, 0.3) is 5.91 Å². The number of hydrogen-bond acceptors (Lipinski definition) is 5. The molecule has 0 saturated carbocycles. The van der Waals surface area contributed by atoms with Crippen molar-refractivity contribution in [1.82, 2.24) is 14.8 Å². The lowest BCUT2D eigenvalue weighted by molar-refractivity contribution is 0.0877. The summed E-state index contributed by atoms with van der Waals surface area (Å²) in [4.78, 5) is 12.6. The fourth-order valence-electron chi connectivity index (χ4n) is 3.51. The summed E-state index contributed by atoms with van der Waals surface area (Å²) in [6, 6.07) is 3.50. The fraction of sp³-hybridized carbons (Fsp3) is 0.524. The number of rotatable bonds is 10. The van der Waals surface area contributed by atoms with E-state index in [2.05, 4.69) is 10.5 Å². The highest BCUT2D eigenvalue weighted by atomic mass is 32.2. The number of carbonyl (C=O) groups is 1. The van der Waals surface area contributed by atoms with Crippen LogP contribution in [0.3, 0.4) is 0 Å². The predicted octanol–water partition coefficient (Wildman–Crippen LogP) is 3.88. The molecule has 1 aromatic carbocycles. The maximum atomic E-state index is 15.2. The Morgan fingerprint density at radius 2 is 1.81 bits per heavy atom. The molecule has 0 aliphatic rings. The SMILES string of the molecule is CCCN(Cc1cc(F)c(C(CC)(CC)NC(=O)c2cc(C)on2)cc1F)S(C)(=O)=O. The van der Waals surface area contributed by atoms with Crippen LogP contribution in [0.4, 0.5) is 8.78 Å². The molecule has 0 bridgehead atoms. The van der Waals surface area contributed by atoms with Crippen molar-refractivity contribution in [2.75, 3.05) is 12.8 Å². The van der Waals surface area contributed by atoms with E-state index in [1.165, 1.54) is 6.07 Å². The van der Waals surface area contributed by atoms with Crippen molar-refractivity contribution in [3.63, 3.8) is 0 Å². The quantitative estimate of drug-likeness (QED) is 0.585. The summed E-state index contributed by atoms with van der Waals surface area (Å²) >= 11 is 0. The zero-order valence-corrected chi connectivity index (χ0v) is 19.3. The molecule has 0 aliphatic carbocycles. The molecule has 2 rings (SSSR count). The monoisotopic (exact) mass is 457 g/mol. The molecular formula is C21H29F2N3O4S. The molecule has 0 unspecified atom stereocenters. The van der Waals surface area contributed by atoms with Gasteiger partial charge in [-0.05, 0) is 38.3 Å². The van der Waals surface area contributed by atoms with Gasteiger partial charge in [0.05, 0.1) is 11.8 Å². The minimum Gasteiger partial charge on any atom is -0.361 e. The first-order valence-corrected chi connectivity index (χ1v) is 12.0. The second kappa shape index (κ2) is 9.86. The van der Waals surface area contributed by atoms with Gasteiger partial charge < -0.3 is 9.84 Å². The minimum atomic E-state index is -3.58. The van der Waals surface area contributed by atoms with Crippen molar-refractivity contribution in [3.8, 4) is 0 Å². The lowest BCUT2D eigenvalue weighted by Crippen LogP contribution is -2.46. The van der Waals surface area contributed by atoms with Crippen molar-refractivity contribution < 1.29 is 26.5 Å². The standard InChI is InChI=1S/C21H29F2N3O4S/c1-6-9-26(31(5,28)29)13-15-11-18(23)16(12-17(15)22)21(7-2,8-3)24-20(27)19-10-14(4)30-25-19/h10-12H,6-9,13H2,1-5H3,(H,24,27). The van der Waals surface area contributed by atoms with E-state index in [0.29, 0.717) is 25.0 Å². The van der Waals surface area contributed by atoms with Crippen LogP contribution >= 0.6 is 0 Å². The average Bonchev–Trinajstić information content (AvgIpc) is 3.14. The number of halogens is 2. The van der Waals surface area contributed by atoms with Gasteiger partial charge >= 0.3 is 0 Å². The summed E-state index contributed by atoms with van der Waals surface area (Å²) in [5.74, 6) is -1.57. The van der Waals surface area contributed by atoms with E-state index in [1.807, 2.05) is 0 Å². The summed E-state index contributed by atoms with van der Waals surface area (Å²) in [6.45, 7) is 6.89. The van der Waals surface area contributed by atoms with Gasteiger partial charge in [-0.1, -0.05) is 25.9 Å². The van der Waals surface area contributed by atoms with Crippen LogP contribution in [0.2, 0.25) is 0 Å². The summed E-state index contributed by atoms with van der Waals surface area (Å²) < 4.78 is 60.0. The first-order valence-electron chi connectivity index (χ1n) is 10.2. The highest BCUT2D eigenvalue weighted by molar-refractivity contribution is 7.88. The van der Waals surface area contributed by atoms with Crippen LogP contribution in [0.25, 0.3) is 0 Å². The second-order valence-electron chi connectivity index (χ2n) is 7.59. The molecule has 1 heterocycles. The van der Waals surface area contributed by atoms with E-state index in [0.717, 1.165) is 22.7 Å². The number of sulfonamides is 1. The van der Waals surface area contributed by atoms with Gasteiger partial charge in [0.1, 0.15) is 17.4 Å². The number of aryl methyl sites for hydroxylation is 1. The van der Waals surface area contributed by atoms with Crippen LogP contribution in [0.5, 0.6) is 0 Å². The summed E-state index contributed by atoms with van der Waals surface area (Å²) in [5, 5.41) is 6.45. The number of benzene rings is 1. The first kappa shape index (κ1) is 24.9. The van der Waals surface area contributed by atoms with E-state index < -0.39 is 33.1 Å². The van der Waals surface area contributed by atoms with Crippen LogP contribution in [-0.4, -0.2) is 36.6 Å². The Hall–Kier alpha value is -2.33. The van der Waals surface area contributed by atoms with Crippen LogP contribution in [0, 0.1) is 18.6 Å². The highest BCUT2D eigenvalue weighted by Crippen LogP contribution is 2.33. The molecular weight excluding hydrogens is 428 g/mol. The van der Waals surface area contributed by atoms with E-state index >= 15 is 4.39 Å². The largest absolute Gasteiger partial charge is 0.361 e. The molecule has 0 atom stereocenters. The Labute approximate surface area is 181 Å². The molecule has 1 aromatic heterocycles. The Morgan fingerprint density at radius 3 is 2.29 bits per heavy atom. The summed E-state index contributed by atoms with van der Waals surface area (Å²) in [5.41, 5.74) is -1.20. The molecule has 0 saturated heterocycles. The zero-order valence-electron chi connectivity index (χ0n) is 18.5. The Morgan fingerprint density at radius 1 is 1.16 bits per heavy atom. The molecule has 0 radical (unpaired) electrons. The van der Waals surface area contributed by atoms with E-state index in [1.54, 1.807) is 27.7 Å². The third kappa shape index (κ3) is 5.68. The molecule has 0 aliphatic heterocycles. The Balaban J connectivity index is 2.42. The topological polar surface area (TPSA) is 92.5 Å². The minimum absolute atomic E-state index is 0.00582.